The average molecular weight is 284 g/mol. The summed E-state index contributed by atoms with van der Waals surface area (Å²) in [5.41, 5.74) is 2.35. The van der Waals surface area contributed by atoms with E-state index in [1.807, 2.05) is 7.05 Å². The fourth-order valence-electron chi connectivity index (χ4n) is 3.06. The second kappa shape index (κ2) is 6.31. The van der Waals surface area contributed by atoms with Gasteiger partial charge in [-0.2, -0.15) is 0 Å². The van der Waals surface area contributed by atoms with E-state index in [0.29, 0.717) is 0 Å². The van der Waals surface area contributed by atoms with Crippen molar-refractivity contribution in [3.05, 3.63) is 42.2 Å². The molecule has 0 aliphatic carbocycles. The van der Waals surface area contributed by atoms with E-state index < -0.39 is 0 Å². The van der Waals surface area contributed by atoms with Gasteiger partial charge in [-0.3, -0.25) is 4.57 Å². The van der Waals surface area contributed by atoms with E-state index in [4.69, 9.17) is 4.98 Å². The van der Waals surface area contributed by atoms with E-state index in [9.17, 15) is 0 Å². The van der Waals surface area contributed by atoms with Crippen LogP contribution in [0.3, 0.4) is 0 Å². The number of nitrogens with zero attached hydrogens (tertiary/aromatic N) is 3. The van der Waals surface area contributed by atoms with Crippen LogP contribution in [0.4, 0.5) is 5.95 Å². The maximum Gasteiger partial charge on any atom is 0.210 e. The van der Waals surface area contributed by atoms with Crippen molar-refractivity contribution in [3.63, 3.8) is 0 Å². The summed E-state index contributed by atoms with van der Waals surface area (Å²) >= 11 is 0. The average Bonchev–Trinajstić information content (AvgIpc) is 3.14. The minimum Gasteiger partial charge on any atom is -0.342 e. The van der Waals surface area contributed by atoms with Crippen LogP contribution in [0.5, 0.6) is 0 Å². The highest BCUT2D eigenvalue weighted by Gasteiger charge is 2.25. The topological polar surface area (TPSA) is 33.1 Å². The first-order chi connectivity index (χ1) is 10.3. The zero-order valence-corrected chi connectivity index (χ0v) is 12.9. The van der Waals surface area contributed by atoms with Crippen molar-refractivity contribution in [2.45, 2.75) is 19.8 Å². The second-order valence-electron chi connectivity index (χ2n) is 5.75. The first kappa shape index (κ1) is 14.1. The van der Waals surface area contributed by atoms with Gasteiger partial charge >= 0.3 is 0 Å². The highest BCUT2D eigenvalue weighted by molar-refractivity contribution is 5.45. The number of para-hydroxylation sites is 1. The lowest BCUT2D eigenvalue weighted by Gasteiger charge is -2.19. The van der Waals surface area contributed by atoms with Crippen LogP contribution in [0.1, 0.15) is 19.0 Å². The summed E-state index contributed by atoms with van der Waals surface area (Å²) in [6.07, 6.45) is 4.39. The maximum absolute atomic E-state index is 4.85. The highest BCUT2D eigenvalue weighted by Crippen LogP contribution is 2.26. The van der Waals surface area contributed by atoms with Crippen LogP contribution >= 0.6 is 0 Å². The second-order valence-corrected chi connectivity index (χ2v) is 5.75. The van der Waals surface area contributed by atoms with Crippen molar-refractivity contribution in [2.24, 2.45) is 5.92 Å². The summed E-state index contributed by atoms with van der Waals surface area (Å²) in [7, 11) is 2.03. The molecule has 112 valence electrons. The Morgan fingerprint density at radius 3 is 2.81 bits per heavy atom. The quantitative estimate of drug-likeness (QED) is 0.915. The molecular formula is C17H24N4. The van der Waals surface area contributed by atoms with Gasteiger partial charge in [-0.1, -0.05) is 25.1 Å². The minimum atomic E-state index is 0.723. The van der Waals surface area contributed by atoms with E-state index in [1.165, 1.54) is 12.1 Å². The van der Waals surface area contributed by atoms with Crippen molar-refractivity contribution in [1.29, 1.82) is 0 Å². The molecule has 21 heavy (non-hydrogen) atoms. The summed E-state index contributed by atoms with van der Waals surface area (Å²) in [6.45, 7) is 5.44. The molecule has 1 aliphatic rings. The van der Waals surface area contributed by atoms with Crippen LogP contribution in [0.15, 0.2) is 36.5 Å². The van der Waals surface area contributed by atoms with Crippen LogP contribution in [-0.2, 0) is 6.42 Å². The largest absolute Gasteiger partial charge is 0.342 e. The van der Waals surface area contributed by atoms with Crippen molar-refractivity contribution in [2.75, 3.05) is 31.6 Å². The zero-order valence-electron chi connectivity index (χ0n) is 12.9. The number of aromatic nitrogens is 2. The van der Waals surface area contributed by atoms with Crippen molar-refractivity contribution in [1.82, 2.24) is 14.9 Å². The number of nitrogens with one attached hydrogen (secondary N) is 1. The van der Waals surface area contributed by atoms with Gasteiger partial charge in [0.25, 0.3) is 0 Å². The molecule has 2 aromatic rings. The molecular weight excluding hydrogens is 260 g/mol. The van der Waals surface area contributed by atoms with Gasteiger partial charge in [0.2, 0.25) is 5.95 Å². The molecule has 0 spiro atoms. The van der Waals surface area contributed by atoms with Gasteiger partial charge in [0.1, 0.15) is 0 Å². The molecule has 1 aromatic heterocycles. The number of hydrogen-bond acceptors (Lipinski definition) is 3. The molecule has 2 heterocycles. The van der Waals surface area contributed by atoms with E-state index in [-0.39, 0.29) is 0 Å². The Morgan fingerprint density at radius 2 is 2.10 bits per heavy atom. The Bertz CT molecular complexity index is 576. The molecule has 0 amide bonds. The Hall–Kier alpha value is -1.81. The van der Waals surface area contributed by atoms with Gasteiger partial charge in [-0.05, 0) is 44.5 Å². The number of hydrogen-bond donors (Lipinski definition) is 1. The third kappa shape index (κ3) is 2.95. The van der Waals surface area contributed by atoms with Gasteiger partial charge in [0.05, 0.1) is 5.69 Å². The molecule has 4 heteroatoms. The SMILES string of the molecule is CCc1cn(-c2ccccc2)c(N2CCC(CNC)C2)n1. The number of benzene rings is 1. The van der Waals surface area contributed by atoms with Crippen LogP contribution in [0.25, 0.3) is 5.69 Å². The molecule has 1 unspecified atom stereocenters. The summed E-state index contributed by atoms with van der Waals surface area (Å²) in [6, 6.07) is 10.5. The summed E-state index contributed by atoms with van der Waals surface area (Å²) in [4.78, 5) is 7.27. The molecule has 1 N–H and O–H groups in total. The van der Waals surface area contributed by atoms with E-state index in [1.54, 1.807) is 0 Å². The van der Waals surface area contributed by atoms with Gasteiger partial charge in [0, 0.05) is 25.0 Å². The first-order valence-electron chi connectivity index (χ1n) is 7.85. The lowest BCUT2D eigenvalue weighted by atomic mass is 10.1. The lowest BCUT2D eigenvalue weighted by Crippen LogP contribution is -2.26. The maximum atomic E-state index is 4.85. The fraction of sp³-hybridized carbons (Fsp3) is 0.471. The molecule has 1 aliphatic heterocycles. The number of imidazole rings is 1. The van der Waals surface area contributed by atoms with Crippen LogP contribution in [-0.4, -0.2) is 36.2 Å². The molecule has 0 bridgehead atoms. The molecule has 1 saturated heterocycles. The van der Waals surface area contributed by atoms with Gasteiger partial charge in [0.15, 0.2) is 0 Å². The Labute approximate surface area is 126 Å². The normalized spacial score (nSPS) is 18.4. The standard InChI is InChI=1S/C17H24N4/c1-3-15-13-21(16-7-5-4-6-8-16)17(19-15)20-10-9-14(12-20)11-18-2/h4-8,13-14,18H,3,9-12H2,1-2H3. The molecule has 0 saturated carbocycles. The highest BCUT2D eigenvalue weighted by atomic mass is 15.3. The number of rotatable bonds is 5. The van der Waals surface area contributed by atoms with Crippen LogP contribution in [0, 0.1) is 5.92 Å². The van der Waals surface area contributed by atoms with E-state index in [0.717, 1.165) is 43.6 Å². The van der Waals surface area contributed by atoms with Crippen molar-refractivity contribution >= 4 is 5.95 Å². The van der Waals surface area contributed by atoms with Gasteiger partial charge in [-0.15, -0.1) is 0 Å². The third-order valence-corrected chi connectivity index (χ3v) is 4.20. The molecule has 4 nitrogen and oxygen atoms in total. The Kier molecular flexibility index (Phi) is 4.25. The smallest absolute Gasteiger partial charge is 0.210 e. The zero-order chi connectivity index (χ0) is 14.7. The molecule has 0 radical (unpaired) electrons. The third-order valence-electron chi connectivity index (χ3n) is 4.20. The van der Waals surface area contributed by atoms with Crippen LogP contribution in [0.2, 0.25) is 0 Å². The number of aryl methyl sites for hydroxylation is 1. The van der Waals surface area contributed by atoms with Crippen molar-refractivity contribution in [3.8, 4) is 5.69 Å². The lowest BCUT2D eigenvalue weighted by molar-refractivity contribution is 0.548. The fourth-order valence-corrected chi connectivity index (χ4v) is 3.06. The van der Waals surface area contributed by atoms with E-state index in [2.05, 4.69) is 58.2 Å². The van der Waals surface area contributed by atoms with Crippen molar-refractivity contribution < 1.29 is 0 Å². The minimum absolute atomic E-state index is 0.723. The summed E-state index contributed by atoms with van der Waals surface area (Å²) < 4.78 is 2.24. The summed E-state index contributed by atoms with van der Waals surface area (Å²) in [5.74, 6) is 1.82. The van der Waals surface area contributed by atoms with Gasteiger partial charge in [-0.25, -0.2) is 4.98 Å². The molecule has 1 aromatic carbocycles. The molecule has 1 fully saturated rings. The summed E-state index contributed by atoms with van der Waals surface area (Å²) in [5, 5.41) is 3.29. The first-order valence-corrected chi connectivity index (χ1v) is 7.85. The predicted octanol–water partition coefficient (Wildman–Crippen LogP) is 2.48. The van der Waals surface area contributed by atoms with E-state index >= 15 is 0 Å². The predicted molar refractivity (Wildman–Crippen MR) is 87.2 cm³/mol. The Morgan fingerprint density at radius 1 is 1.29 bits per heavy atom. The number of anilines is 1. The van der Waals surface area contributed by atoms with Gasteiger partial charge < -0.3 is 10.2 Å². The molecule has 1 atom stereocenters. The Balaban J connectivity index is 1.90. The van der Waals surface area contributed by atoms with Crippen LogP contribution < -0.4 is 10.2 Å². The monoisotopic (exact) mass is 284 g/mol. The molecule has 3 rings (SSSR count).